The molecule has 1 saturated heterocycles. The number of hydrogen-bond acceptors (Lipinski definition) is 2. The van der Waals surface area contributed by atoms with E-state index >= 15 is 0 Å². The number of rotatable bonds is 1. The molecule has 0 radical (unpaired) electrons. The van der Waals surface area contributed by atoms with E-state index in [-0.39, 0.29) is 12.0 Å². The highest BCUT2D eigenvalue weighted by atomic mass is 16.5. The molecular formula is C12H20O2. The number of allylic oxidation sites excluding steroid dienone is 1. The van der Waals surface area contributed by atoms with E-state index in [2.05, 4.69) is 26.8 Å². The van der Waals surface area contributed by atoms with Gasteiger partial charge in [0.25, 0.3) is 0 Å². The molecule has 1 fully saturated rings. The lowest BCUT2D eigenvalue weighted by Gasteiger charge is -2.49. The fourth-order valence-electron chi connectivity index (χ4n) is 2.87. The Kier molecular flexibility index (Phi) is 2.44. The van der Waals surface area contributed by atoms with Crippen LogP contribution in [0.1, 0.15) is 27.2 Å². The SMILES string of the molecule is CC1=CC(C)C2(CO)COC(C)C1C2. The standard InChI is InChI=1S/C12H20O2/c1-8-4-9(2)12(6-13)5-11(8)10(3)14-7-12/h4,9-11,13H,5-7H2,1-3H3. The van der Waals surface area contributed by atoms with Crippen LogP contribution >= 0.6 is 0 Å². The molecule has 14 heavy (non-hydrogen) atoms. The Labute approximate surface area is 86.0 Å². The van der Waals surface area contributed by atoms with Gasteiger partial charge in [0, 0.05) is 11.3 Å². The summed E-state index contributed by atoms with van der Waals surface area (Å²) in [5.74, 6) is 0.961. The van der Waals surface area contributed by atoms with Crippen LogP contribution in [0, 0.1) is 17.3 Å². The predicted molar refractivity (Wildman–Crippen MR) is 56.0 cm³/mol. The predicted octanol–water partition coefficient (Wildman–Crippen LogP) is 1.99. The molecule has 1 heterocycles. The van der Waals surface area contributed by atoms with E-state index in [9.17, 15) is 5.11 Å². The Morgan fingerprint density at radius 2 is 2.29 bits per heavy atom. The molecule has 2 aliphatic rings. The largest absolute Gasteiger partial charge is 0.396 e. The average Bonchev–Trinajstić information content (AvgIpc) is 2.17. The van der Waals surface area contributed by atoms with Crippen LogP contribution < -0.4 is 0 Å². The topological polar surface area (TPSA) is 29.5 Å². The van der Waals surface area contributed by atoms with Gasteiger partial charge in [-0.25, -0.2) is 0 Å². The fraction of sp³-hybridized carbons (Fsp3) is 0.833. The van der Waals surface area contributed by atoms with Crippen LogP contribution in [0.3, 0.4) is 0 Å². The van der Waals surface area contributed by atoms with Crippen molar-refractivity contribution in [1.82, 2.24) is 0 Å². The monoisotopic (exact) mass is 196 g/mol. The summed E-state index contributed by atoms with van der Waals surface area (Å²) >= 11 is 0. The normalized spacial score (nSPS) is 47.4. The zero-order valence-corrected chi connectivity index (χ0v) is 9.29. The van der Waals surface area contributed by atoms with Crippen molar-refractivity contribution in [2.45, 2.75) is 33.3 Å². The number of hydrogen-bond donors (Lipinski definition) is 1. The van der Waals surface area contributed by atoms with Gasteiger partial charge in [-0.1, -0.05) is 18.6 Å². The van der Waals surface area contributed by atoms with Crippen LogP contribution in [-0.4, -0.2) is 24.4 Å². The summed E-state index contributed by atoms with van der Waals surface area (Å²) in [4.78, 5) is 0. The number of fused-ring (bicyclic) bond motifs is 2. The van der Waals surface area contributed by atoms with Crippen LogP contribution in [0.5, 0.6) is 0 Å². The molecule has 0 aromatic heterocycles. The van der Waals surface area contributed by atoms with Gasteiger partial charge in [-0.2, -0.15) is 0 Å². The van der Waals surface area contributed by atoms with Crippen molar-refractivity contribution < 1.29 is 9.84 Å². The number of aliphatic hydroxyl groups is 1. The molecule has 1 aliphatic heterocycles. The minimum atomic E-state index is -0.00329. The molecule has 0 saturated carbocycles. The summed E-state index contributed by atoms with van der Waals surface area (Å²) in [7, 11) is 0. The zero-order chi connectivity index (χ0) is 10.3. The third-order valence-corrected chi connectivity index (χ3v) is 4.21. The molecule has 2 heteroatoms. The lowest BCUT2D eigenvalue weighted by atomic mass is 9.63. The van der Waals surface area contributed by atoms with E-state index in [0.717, 1.165) is 6.42 Å². The minimum Gasteiger partial charge on any atom is -0.396 e. The summed E-state index contributed by atoms with van der Waals surface area (Å²) < 4.78 is 5.78. The van der Waals surface area contributed by atoms with Crippen molar-refractivity contribution in [3.05, 3.63) is 11.6 Å². The van der Waals surface area contributed by atoms with E-state index in [1.807, 2.05) is 0 Å². The molecule has 2 nitrogen and oxygen atoms in total. The second kappa shape index (κ2) is 3.35. The van der Waals surface area contributed by atoms with Crippen molar-refractivity contribution in [2.75, 3.05) is 13.2 Å². The van der Waals surface area contributed by atoms with E-state index in [1.165, 1.54) is 5.57 Å². The fourth-order valence-corrected chi connectivity index (χ4v) is 2.87. The molecule has 1 aliphatic carbocycles. The first-order valence-electron chi connectivity index (χ1n) is 5.50. The quantitative estimate of drug-likeness (QED) is 0.650. The highest BCUT2D eigenvalue weighted by Gasteiger charge is 2.46. The van der Waals surface area contributed by atoms with E-state index in [0.29, 0.717) is 24.5 Å². The smallest absolute Gasteiger partial charge is 0.0612 e. The van der Waals surface area contributed by atoms with E-state index in [4.69, 9.17) is 4.74 Å². The highest BCUT2D eigenvalue weighted by molar-refractivity contribution is 5.17. The van der Waals surface area contributed by atoms with Gasteiger partial charge in [-0.15, -0.1) is 0 Å². The van der Waals surface area contributed by atoms with Gasteiger partial charge in [0.05, 0.1) is 19.3 Å². The molecule has 80 valence electrons. The highest BCUT2D eigenvalue weighted by Crippen LogP contribution is 2.47. The molecule has 1 N–H and O–H groups in total. The summed E-state index contributed by atoms with van der Waals surface area (Å²) in [6, 6.07) is 0. The van der Waals surface area contributed by atoms with Gasteiger partial charge >= 0.3 is 0 Å². The third kappa shape index (κ3) is 1.32. The van der Waals surface area contributed by atoms with Crippen molar-refractivity contribution in [1.29, 1.82) is 0 Å². The second-order valence-electron chi connectivity index (χ2n) is 5.05. The Morgan fingerprint density at radius 3 is 2.93 bits per heavy atom. The van der Waals surface area contributed by atoms with Gasteiger partial charge < -0.3 is 9.84 Å². The van der Waals surface area contributed by atoms with Crippen molar-refractivity contribution in [2.24, 2.45) is 17.3 Å². The van der Waals surface area contributed by atoms with Crippen molar-refractivity contribution >= 4 is 0 Å². The molecule has 0 aromatic rings. The first-order chi connectivity index (χ1) is 6.59. The summed E-state index contributed by atoms with van der Waals surface area (Å²) in [5, 5.41) is 9.53. The number of aliphatic hydroxyl groups excluding tert-OH is 1. The van der Waals surface area contributed by atoms with Crippen LogP contribution in [-0.2, 0) is 4.74 Å². The van der Waals surface area contributed by atoms with E-state index < -0.39 is 0 Å². The zero-order valence-electron chi connectivity index (χ0n) is 9.29. The minimum absolute atomic E-state index is 0.00329. The maximum Gasteiger partial charge on any atom is 0.0612 e. The Balaban J connectivity index is 2.33. The molecule has 2 bridgehead atoms. The van der Waals surface area contributed by atoms with Crippen molar-refractivity contribution in [3.8, 4) is 0 Å². The van der Waals surface area contributed by atoms with Gasteiger partial charge in [-0.05, 0) is 26.2 Å². The van der Waals surface area contributed by atoms with Gasteiger partial charge in [-0.3, -0.25) is 0 Å². The van der Waals surface area contributed by atoms with Crippen LogP contribution in [0.15, 0.2) is 11.6 Å². The first kappa shape index (κ1) is 10.2. The maximum absolute atomic E-state index is 9.53. The van der Waals surface area contributed by atoms with Gasteiger partial charge in [0.2, 0.25) is 0 Å². The molecular weight excluding hydrogens is 176 g/mol. The molecule has 2 rings (SSSR count). The molecule has 0 amide bonds. The molecule has 0 aromatic carbocycles. The summed E-state index contributed by atoms with van der Waals surface area (Å²) in [6.45, 7) is 7.48. The lowest BCUT2D eigenvalue weighted by Crippen LogP contribution is -2.49. The van der Waals surface area contributed by atoms with Crippen LogP contribution in [0.4, 0.5) is 0 Å². The number of ether oxygens (including phenoxy) is 1. The van der Waals surface area contributed by atoms with Crippen LogP contribution in [0.2, 0.25) is 0 Å². The summed E-state index contributed by atoms with van der Waals surface area (Å²) in [6.07, 6.45) is 3.73. The van der Waals surface area contributed by atoms with Crippen LogP contribution in [0.25, 0.3) is 0 Å². The first-order valence-corrected chi connectivity index (χ1v) is 5.50. The summed E-state index contributed by atoms with van der Waals surface area (Å²) in [5.41, 5.74) is 1.44. The van der Waals surface area contributed by atoms with Gasteiger partial charge in [0.1, 0.15) is 0 Å². The van der Waals surface area contributed by atoms with Crippen molar-refractivity contribution in [3.63, 3.8) is 0 Å². The Bertz CT molecular complexity index is 259. The average molecular weight is 196 g/mol. The molecule has 0 spiro atoms. The van der Waals surface area contributed by atoms with E-state index in [1.54, 1.807) is 0 Å². The van der Waals surface area contributed by atoms with Gasteiger partial charge in [0.15, 0.2) is 0 Å². The molecule has 4 unspecified atom stereocenters. The Morgan fingerprint density at radius 1 is 1.57 bits per heavy atom. The Hall–Kier alpha value is -0.340. The molecule has 4 atom stereocenters. The third-order valence-electron chi connectivity index (χ3n) is 4.21. The second-order valence-corrected chi connectivity index (χ2v) is 5.05. The maximum atomic E-state index is 9.53. The lowest BCUT2D eigenvalue weighted by molar-refractivity contribution is -0.121.